The van der Waals surface area contributed by atoms with Gasteiger partial charge in [0.05, 0.1) is 17.7 Å². The van der Waals surface area contributed by atoms with Crippen LogP contribution < -0.4 is 5.32 Å². The maximum Gasteiger partial charge on any atom is 0.224 e. The first-order chi connectivity index (χ1) is 15.0. The molecule has 0 aliphatic heterocycles. The van der Waals surface area contributed by atoms with Gasteiger partial charge >= 0.3 is 0 Å². The van der Waals surface area contributed by atoms with E-state index in [0.29, 0.717) is 41.0 Å². The topological polar surface area (TPSA) is 59.3 Å². The van der Waals surface area contributed by atoms with Crippen molar-refractivity contribution in [1.29, 1.82) is 0 Å². The summed E-state index contributed by atoms with van der Waals surface area (Å²) in [6.07, 6.45) is 0.974. The normalized spacial score (nSPS) is 11.4. The second-order valence-electron chi connectivity index (χ2n) is 7.42. The van der Waals surface area contributed by atoms with Crippen molar-refractivity contribution >= 4 is 34.0 Å². The highest BCUT2D eigenvalue weighted by molar-refractivity contribution is 7.99. The zero-order chi connectivity index (χ0) is 21.8. The molecule has 0 atom stereocenters. The van der Waals surface area contributed by atoms with Crippen LogP contribution in [0.2, 0.25) is 0 Å². The van der Waals surface area contributed by atoms with E-state index in [4.69, 9.17) is 0 Å². The van der Waals surface area contributed by atoms with Gasteiger partial charge in [0, 0.05) is 28.5 Å². The van der Waals surface area contributed by atoms with Crippen molar-refractivity contribution < 1.29 is 9.18 Å². The molecule has 31 heavy (non-hydrogen) atoms. The second kappa shape index (κ2) is 9.62. The van der Waals surface area contributed by atoms with Crippen LogP contribution in [0.15, 0.2) is 58.8 Å². The largest absolute Gasteiger partial charge is 0.355 e. The van der Waals surface area contributed by atoms with E-state index in [0.717, 1.165) is 11.3 Å². The van der Waals surface area contributed by atoms with Crippen LogP contribution in [0, 0.1) is 5.82 Å². The summed E-state index contributed by atoms with van der Waals surface area (Å²) in [5.41, 5.74) is 2.32. The number of rotatable bonds is 8. The Hall–Kier alpha value is -2.71. The molecule has 2 heterocycles. The number of amides is 1. The Morgan fingerprint density at radius 1 is 1.19 bits per heavy atom. The molecule has 2 aromatic carbocycles. The SMILES string of the molecule is CC(C)Sc1ccc(CC(=O)NCCc2csc3nc(-c4ccccc4F)nn23)cc1. The number of fused-ring (bicyclic) bond motifs is 1. The van der Waals surface area contributed by atoms with E-state index in [1.54, 1.807) is 34.5 Å². The minimum atomic E-state index is -0.342. The molecule has 0 spiro atoms. The summed E-state index contributed by atoms with van der Waals surface area (Å²) in [4.78, 5) is 18.7. The summed E-state index contributed by atoms with van der Waals surface area (Å²) in [5, 5.41) is 9.93. The molecular weight excluding hydrogens is 431 g/mol. The Bertz CT molecular complexity index is 1180. The quantitative estimate of drug-likeness (QED) is 0.381. The van der Waals surface area contributed by atoms with Crippen LogP contribution >= 0.6 is 23.1 Å². The smallest absolute Gasteiger partial charge is 0.224 e. The van der Waals surface area contributed by atoms with Crippen LogP contribution in [0.25, 0.3) is 16.3 Å². The first-order valence-corrected chi connectivity index (χ1v) is 11.9. The molecule has 0 aliphatic carbocycles. The molecule has 0 saturated carbocycles. The fourth-order valence-electron chi connectivity index (χ4n) is 3.19. The minimum Gasteiger partial charge on any atom is -0.355 e. The van der Waals surface area contributed by atoms with Gasteiger partial charge in [-0.05, 0) is 29.8 Å². The van der Waals surface area contributed by atoms with Crippen molar-refractivity contribution in [3.63, 3.8) is 0 Å². The first-order valence-electron chi connectivity index (χ1n) is 10.1. The van der Waals surface area contributed by atoms with Crippen molar-refractivity contribution in [1.82, 2.24) is 19.9 Å². The predicted octanol–water partition coefficient (Wildman–Crippen LogP) is 5.00. The van der Waals surface area contributed by atoms with Gasteiger partial charge in [-0.3, -0.25) is 4.79 Å². The number of thioether (sulfide) groups is 1. The third-order valence-corrected chi connectivity index (χ3v) is 6.51. The molecule has 2 aromatic heterocycles. The fraction of sp³-hybridized carbons (Fsp3) is 0.261. The predicted molar refractivity (Wildman–Crippen MR) is 124 cm³/mol. The third-order valence-electron chi connectivity index (χ3n) is 4.63. The van der Waals surface area contributed by atoms with Gasteiger partial charge in [0.2, 0.25) is 10.9 Å². The molecule has 8 heteroatoms. The van der Waals surface area contributed by atoms with Crippen molar-refractivity contribution in [3.8, 4) is 11.4 Å². The maximum atomic E-state index is 14.0. The second-order valence-corrected chi connectivity index (χ2v) is 9.91. The number of thiazole rings is 1. The summed E-state index contributed by atoms with van der Waals surface area (Å²) >= 11 is 3.26. The average molecular weight is 455 g/mol. The van der Waals surface area contributed by atoms with Crippen LogP contribution in [0.5, 0.6) is 0 Å². The van der Waals surface area contributed by atoms with Crippen LogP contribution in [0.3, 0.4) is 0 Å². The first kappa shape index (κ1) is 21.5. The van der Waals surface area contributed by atoms with Crippen LogP contribution in [0.1, 0.15) is 25.1 Å². The van der Waals surface area contributed by atoms with Gasteiger partial charge in [-0.15, -0.1) is 28.2 Å². The van der Waals surface area contributed by atoms with Crippen molar-refractivity contribution in [3.05, 3.63) is 71.0 Å². The minimum absolute atomic E-state index is 0.0126. The number of carbonyl (C=O) groups is 1. The van der Waals surface area contributed by atoms with Crippen LogP contribution in [-0.4, -0.2) is 32.3 Å². The van der Waals surface area contributed by atoms with E-state index in [2.05, 4.69) is 41.4 Å². The summed E-state index contributed by atoms with van der Waals surface area (Å²) in [6, 6.07) is 14.6. The van der Waals surface area contributed by atoms with Gasteiger partial charge in [-0.1, -0.05) is 38.1 Å². The zero-order valence-electron chi connectivity index (χ0n) is 17.3. The number of nitrogens with zero attached hydrogens (tertiary/aromatic N) is 3. The summed E-state index contributed by atoms with van der Waals surface area (Å²) in [5.74, 6) is 0.0149. The summed E-state index contributed by atoms with van der Waals surface area (Å²) in [6.45, 7) is 4.82. The van der Waals surface area contributed by atoms with E-state index in [1.807, 2.05) is 17.5 Å². The van der Waals surface area contributed by atoms with Crippen molar-refractivity contribution in [2.75, 3.05) is 6.54 Å². The molecule has 4 rings (SSSR count). The molecule has 4 aromatic rings. The Morgan fingerprint density at radius 2 is 1.97 bits per heavy atom. The van der Waals surface area contributed by atoms with Gasteiger partial charge in [-0.25, -0.2) is 8.91 Å². The molecule has 0 fully saturated rings. The highest BCUT2D eigenvalue weighted by atomic mass is 32.2. The molecule has 0 radical (unpaired) electrons. The molecule has 0 bridgehead atoms. The number of aromatic nitrogens is 3. The van der Waals surface area contributed by atoms with Crippen LogP contribution in [0.4, 0.5) is 4.39 Å². The van der Waals surface area contributed by atoms with Crippen molar-refractivity contribution in [2.24, 2.45) is 0 Å². The molecule has 5 nitrogen and oxygen atoms in total. The molecule has 1 N–H and O–H groups in total. The Balaban J connectivity index is 1.33. The monoisotopic (exact) mass is 454 g/mol. The Kier molecular flexibility index (Phi) is 6.67. The number of hydrogen-bond donors (Lipinski definition) is 1. The lowest BCUT2D eigenvalue weighted by atomic mass is 10.1. The Labute approximate surface area is 188 Å². The third kappa shape index (κ3) is 5.32. The van der Waals surface area contributed by atoms with E-state index in [1.165, 1.54) is 22.3 Å². The highest BCUT2D eigenvalue weighted by Crippen LogP contribution is 2.24. The molecule has 1 amide bonds. The van der Waals surface area contributed by atoms with E-state index < -0.39 is 0 Å². The van der Waals surface area contributed by atoms with Gasteiger partial charge in [0.1, 0.15) is 5.82 Å². The van der Waals surface area contributed by atoms with E-state index >= 15 is 0 Å². The zero-order valence-corrected chi connectivity index (χ0v) is 19.0. The van der Waals surface area contributed by atoms with E-state index in [9.17, 15) is 9.18 Å². The Morgan fingerprint density at radius 3 is 2.71 bits per heavy atom. The lowest BCUT2D eigenvalue weighted by Gasteiger charge is -2.07. The average Bonchev–Trinajstić information content (AvgIpc) is 3.31. The van der Waals surface area contributed by atoms with Gasteiger partial charge in [0.15, 0.2) is 5.82 Å². The lowest BCUT2D eigenvalue weighted by molar-refractivity contribution is -0.120. The van der Waals surface area contributed by atoms with Crippen LogP contribution in [-0.2, 0) is 17.6 Å². The molecular formula is C23H23FN4OS2. The molecule has 0 saturated heterocycles. The summed E-state index contributed by atoms with van der Waals surface area (Å²) in [7, 11) is 0. The number of nitrogens with one attached hydrogen (secondary N) is 1. The number of benzene rings is 2. The van der Waals surface area contributed by atoms with Crippen molar-refractivity contribution in [2.45, 2.75) is 36.8 Å². The number of halogens is 1. The van der Waals surface area contributed by atoms with Gasteiger partial charge in [-0.2, -0.15) is 4.98 Å². The van der Waals surface area contributed by atoms with E-state index in [-0.39, 0.29) is 11.7 Å². The molecule has 0 unspecified atom stereocenters. The fourth-order valence-corrected chi connectivity index (χ4v) is 4.88. The number of carbonyl (C=O) groups excluding carboxylic acids is 1. The highest BCUT2D eigenvalue weighted by Gasteiger charge is 2.14. The molecule has 0 aliphatic rings. The lowest BCUT2D eigenvalue weighted by Crippen LogP contribution is -2.27. The molecule has 160 valence electrons. The standard InChI is InChI=1S/C23H23FN4OS2/c1-15(2)31-18-9-7-16(8-10-18)13-21(29)25-12-11-17-14-30-23-26-22(27-28(17)23)19-5-3-4-6-20(19)24/h3-10,14-15H,11-13H2,1-2H3,(H,25,29). The maximum absolute atomic E-state index is 14.0. The number of hydrogen-bond acceptors (Lipinski definition) is 5. The van der Waals surface area contributed by atoms with Gasteiger partial charge in [0.25, 0.3) is 0 Å². The van der Waals surface area contributed by atoms with Gasteiger partial charge < -0.3 is 5.32 Å². The summed E-state index contributed by atoms with van der Waals surface area (Å²) < 4.78 is 15.8.